The van der Waals surface area contributed by atoms with E-state index in [2.05, 4.69) is 5.16 Å². The van der Waals surface area contributed by atoms with E-state index in [0.717, 1.165) is 11.2 Å². The molecule has 0 saturated heterocycles. The van der Waals surface area contributed by atoms with Gasteiger partial charge in [0.2, 0.25) is 0 Å². The molecule has 0 saturated carbocycles. The second kappa shape index (κ2) is 4.85. The first-order valence-corrected chi connectivity index (χ1v) is 5.94. The maximum absolute atomic E-state index is 13.6. The molecule has 0 radical (unpaired) electrons. The third-order valence-corrected chi connectivity index (χ3v) is 2.99. The Hall–Kier alpha value is -2.14. The Labute approximate surface area is 109 Å². The van der Waals surface area contributed by atoms with Crippen molar-refractivity contribution in [3.63, 3.8) is 0 Å². The van der Waals surface area contributed by atoms with Crippen molar-refractivity contribution < 1.29 is 13.7 Å². The Morgan fingerprint density at radius 3 is 3.11 bits per heavy atom. The van der Waals surface area contributed by atoms with Crippen LogP contribution in [0.5, 0.6) is 0 Å². The van der Waals surface area contributed by atoms with Crippen LogP contribution in [0.2, 0.25) is 0 Å². The molecule has 98 valence electrons. The lowest BCUT2D eigenvalue weighted by Crippen LogP contribution is -1.97. The number of fused-ring (bicyclic) bond motifs is 1. The lowest BCUT2D eigenvalue weighted by molar-refractivity contribution is 0.155. The van der Waals surface area contributed by atoms with E-state index in [-0.39, 0.29) is 5.82 Å². The van der Waals surface area contributed by atoms with Gasteiger partial charge >= 0.3 is 0 Å². The fraction of sp³-hybridized carbons (Fsp3) is 0.214. The Kier molecular flexibility index (Phi) is 3.05. The monoisotopic (exact) mass is 260 g/mol. The average molecular weight is 260 g/mol. The van der Waals surface area contributed by atoms with Gasteiger partial charge in [-0.15, -0.1) is 0 Å². The van der Waals surface area contributed by atoms with Gasteiger partial charge in [-0.3, -0.25) is 0 Å². The van der Waals surface area contributed by atoms with Gasteiger partial charge in [-0.1, -0.05) is 11.2 Å². The molecule has 2 heterocycles. The number of halogens is 1. The summed E-state index contributed by atoms with van der Waals surface area (Å²) in [5.41, 5.74) is 1.63. The maximum atomic E-state index is 13.6. The lowest BCUT2D eigenvalue weighted by atomic mass is 10.2. The third kappa shape index (κ3) is 2.24. The van der Waals surface area contributed by atoms with Gasteiger partial charge in [0.1, 0.15) is 18.1 Å². The zero-order valence-electron chi connectivity index (χ0n) is 10.5. The van der Waals surface area contributed by atoms with E-state index < -0.39 is 0 Å². The van der Waals surface area contributed by atoms with E-state index >= 15 is 0 Å². The molecule has 0 aliphatic carbocycles. The minimum atomic E-state index is -0.212. The summed E-state index contributed by atoms with van der Waals surface area (Å²) in [4.78, 5) is 0. The second-order valence-electron chi connectivity index (χ2n) is 4.33. The van der Waals surface area contributed by atoms with Crippen molar-refractivity contribution in [1.29, 1.82) is 0 Å². The maximum Gasteiger partial charge on any atom is 0.162 e. The molecule has 0 unspecified atom stereocenters. The first-order valence-electron chi connectivity index (χ1n) is 5.94. The summed E-state index contributed by atoms with van der Waals surface area (Å²) in [5, 5.41) is 4.58. The topological polar surface area (TPSA) is 40.2 Å². The lowest BCUT2D eigenvalue weighted by Gasteiger charge is -2.02. The molecule has 0 aliphatic rings. The Balaban J connectivity index is 1.90. The Morgan fingerprint density at radius 2 is 2.26 bits per heavy atom. The molecule has 0 fully saturated rings. The highest BCUT2D eigenvalue weighted by Gasteiger charge is 2.08. The molecule has 0 spiro atoms. The van der Waals surface area contributed by atoms with Gasteiger partial charge in [-0.25, -0.2) is 4.39 Å². The molecular formula is C14H13FN2O2. The normalized spacial score (nSPS) is 11.3. The number of hydrogen-bond acceptors (Lipinski definition) is 3. The van der Waals surface area contributed by atoms with Crippen LogP contribution in [-0.2, 0) is 17.9 Å². The van der Waals surface area contributed by atoms with Crippen LogP contribution in [0.15, 0.2) is 41.1 Å². The van der Waals surface area contributed by atoms with Crippen LogP contribution in [0, 0.1) is 5.82 Å². The molecule has 1 aromatic carbocycles. The number of methoxy groups -OCH3 is 1. The predicted octanol–water partition coefficient (Wildman–Crippen LogP) is 2.96. The van der Waals surface area contributed by atoms with Gasteiger partial charge in [0, 0.05) is 24.8 Å². The summed E-state index contributed by atoms with van der Waals surface area (Å²) < 4.78 is 25.6. The van der Waals surface area contributed by atoms with Crippen LogP contribution in [0.4, 0.5) is 4.39 Å². The molecule has 0 amide bonds. The number of rotatable bonds is 4. The zero-order valence-corrected chi connectivity index (χ0v) is 10.5. The van der Waals surface area contributed by atoms with Gasteiger partial charge in [-0.05, 0) is 18.2 Å². The van der Waals surface area contributed by atoms with Crippen molar-refractivity contribution >= 4 is 10.9 Å². The van der Waals surface area contributed by atoms with Gasteiger partial charge < -0.3 is 13.8 Å². The standard InChI is InChI=1S/C14H13FN2O2/c1-18-9-11-7-10(16-19-11)8-17-6-5-12-13(15)3-2-4-14(12)17/h2-7H,8-9H2,1H3. The van der Waals surface area contributed by atoms with Crippen LogP contribution in [0.25, 0.3) is 10.9 Å². The van der Waals surface area contributed by atoms with Gasteiger partial charge in [0.05, 0.1) is 12.1 Å². The number of ether oxygens (including phenoxy) is 1. The fourth-order valence-electron chi connectivity index (χ4n) is 2.14. The number of aromatic nitrogens is 2. The van der Waals surface area contributed by atoms with Crippen LogP contribution in [0.3, 0.4) is 0 Å². The van der Waals surface area contributed by atoms with E-state index in [1.165, 1.54) is 6.07 Å². The average Bonchev–Trinajstić information content (AvgIpc) is 3.00. The van der Waals surface area contributed by atoms with E-state index in [0.29, 0.717) is 24.3 Å². The molecule has 0 bridgehead atoms. The van der Waals surface area contributed by atoms with Crippen molar-refractivity contribution in [2.75, 3.05) is 7.11 Å². The molecule has 3 aromatic rings. The zero-order chi connectivity index (χ0) is 13.2. The highest BCUT2D eigenvalue weighted by Crippen LogP contribution is 2.20. The van der Waals surface area contributed by atoms with E-state index in [1.54, 1.807) is 19.2 Å². The Morgan fingerprint density at radius 1 is 1.37 bits per heavy atom. The second-order valence-corrected chi connectivity index (χ2v) is 4.33. The van der Waals surface area contributed by atoms with Crippen molar-refractivity contribution in [3.8, 4) is 0 Å². The smallest absolute Gasteiger partial charge is 0.162 e. The predicted molar refractivity (Wildman–Crippen MR) is 68.2 cm³/mol. The molecule has 3 rings (SSSR count). The summed E-state index contributed by atoms with van der Waals surface area (Å²) in [5.74, 6) is 0.469. The summed E-state index contributed by atoms with van der Waals surface area (Å²) in [6.45, 7) is 0.939. The van der Waals surface area contributed by atoms with Gasteiger partial charge in [0.25, 0.3) is 0 Å². The highest BCUT2D eigenvalue weighted by atomic mass is 19.1. The van der Waals surface area contributed by atoms with Crippen LogP contribution in [0.1, 0.15) is 11.5 Å². The van der Waals surface area contributed by atoms with Crippen molar-refractivity contribution in [2.45, 2.75) is 13.2 Å². The van der Waals surface area contributed by atoms with Crippen LogP contribution in [-0.4, -0.2) is 16.8 Å². The molecule has 5 heteroatoms. The molecule has 19 heavy (non-hydrogen) atoms. The Bertz CT molecular complexity index is 702. The largest absolute Gasteiger partial charge is 0.377 e. The first-order chi connectivity index (χ1) is 9.28. The van der Waals surface area contributed by atoms with Gasteiger partial charge in [-0.2, -0.15) is 0 Å². The number of benzene rings is 1. The SMILES string of the molecule is COCc1cc(Cn2ccc3c(F)cccc32)no1. The highest BCUT2D eigenvalue weighted by molar-refractivity contribution is 5.80. The first kappa shape index (κ1) is 11.9. The van der Waals surface area contributed by atoms with Crippen LogP contribution < -0.4 is 0 Å². The van der Waals surface area contributed by atoms with Gasteiger partial charge in [0.15, 0.2) is 5.76 Å². The summed E-state index contributed by atoms with van der Waals surface area (Å²) >= 11 is 0. The molecule has 0 atom stereocenters. The summed E-state index contributed by atoms with van der Waals surface area (Å²) in [6, 6.07) is 8.65. The minimum absolute atomic E-state index is 0.212. The molecule has 0 aliphatic heterocycles. The fourth-order valence-corrected chi connectivity index (χ4v) is 2.14. The molecule has 0 N–H and O–H groups in total. The van der Waals surface area contributed by atoms with Crippen molar-refractivity contribution in [1.82, 2.24) is 9.72 Å². The molecule has 4 nitrogen and oxygen atoms in total. The third-order valence-electron chi connectivity index (χ3n) is 2.99. The van der Waals surface area contributed by atoms with E-state index in [1.807, 2.05) is 22.9 Å². The van der Waals surface area contributed by atoms with E-state index in [4.69, 9.17) is 9.26 Å². The number of hydrogen-bond donors (Lipinski definition) is 0. The summed E-state index contributed by atoms with van der Waals surface area (Å²) in [6.07, 6.45) is 1.85. The van der Waals surface area contributed by atoms with Crippen molar-refractivity contribution in [3.05, 3.63) is 53.8 Å². The van der Waals surface area contributed by atoms with Crippen molar-refractivity contribution in [2.24, 2.45) is 0 Å². The minimum Gasteiger partial charge on any atom is -0.377 e. The van der Waals surface area contributed by atoms with Crippen LogP contribution >= 0.6 is 0 Å². The van der Waals surface area contributed by atoms with E-state index in [9.17, 15) is 4.39 Å². The molecule has 2 aromatic heterocycles. The number of nitrogens with zero attached hydrogens (tertiary/aromatic N) is 2. The molecular weight excluding hydrogens is 247 g/mol. The quantitative estimate of drug-likeness (QED) is 0.724. The summed E-state index contributed by atoms with van der Waals surface area (Å²) in [7, 11) is 1.60.